The Morgan fingerprint density at radius 3 is 2.53 bits per heavy atom. The zero-order chi connectivity index (χ0) is 14.4. The third-order valence-corrected chi connectivity index (χ3v) is 2.54. The number of hydrogen-bond donors (Lipinski definition) is 3. The van der Waals surface area contributed by atoms with E-state index in [4.69, 9.17) is 14.9 Å². The fourth-order valence-corrected chi connectivity index (χ4v) is 1.65. The molecule has 0 aromatic heterocycles. The fraction of sp³-hybridized carbons (Fsp3) is 0.385. The Balaban J connectivity index is 3.02. The molecule has 0 aliphatic rings. The number of aliphatic carboxylic acids is 2. The Bertz CT molecular complexity index is 468. The van der Waals surface area contributed by atoms with E-state index in [0.29, 0.717) is 17.9 Å². The van der Waals surface area contributed by atoms with Gasteiger partial charge in [-0.15, -0.1) is 0 Å². The zero-order valence-electron chi connectivity index (χ0n) is 10.5. The summed E-state index contributed by atoms with van der Waals surface area (Å²) in [5, 5.41) is 26.9. The average molecular weight is 268 g/mol. The number of rotatable bonds is 7. The van der Waals surface area contributed by atoms with Crippen LogP contribution >= 0.6 is 0 Å². The minimum Gasteiger partial charge on any atom is -0.494 e. The van der Waals surface area contributed by atoms with Crippen LogP contribution in [0.25, 0.3) is 0 Å². The van der Waals surface area contributed by atoms with Gasteiger partial charge in [-0.2, -0.15) is 0 Å². The van der Waals surface area contributed by atoms with Gasteiger partial charge in [0.05, 0.1) is 6.61 Å². The van der Waals surface area contributed by atoms with Gasteiger partial charge in [-0.05, 0) is 36.6 Å². The summed E-state index contributed by atoms with van der Waals surface area (Å²) in [6.45, 7) is 2.21. The van der Waals surface area contributed by atoms with Crippen molar-refractivity contribution in [3.8, 4) is 5.75 Å². The first-order chi connectivity index (χ1) is 8.95. The van der Waals surface area contributed by atoms with Gasteiger partial charge >= 0.3 is 11.9 Å². The first-order valence-corrected chi connectivity index (χ1v) is 5.84. The highest BCUT2D eigenvalue weighted by Gasteiger charge is 2.18. The van der Waals surface area contributed by atoms with E-state index in [2.05, 4.69) is 0 Å². The summed E-state index contributed by atoms with van der Waals surface area (Å²) < 4.78 is 5.34. The summed E-state index contributed by atoms with van der Waals surface area (Å²) in [6.07, 6.45) is -1.50. The molecule has 0 spiro atoms. The van der Waals surface area contributed by atoms with Gasteiger partial charge in [0.15, 0.2) is 6.10 Å². The number of hydrogen-bond acceptors (Lipinski definition) is 4. The highest BCUT2D eigenvalue weighted by Crippen LogP contribution is 2.25. The minimum atomic E-state index is -1.63. The van der Waals surface area contributed by atoms with Crippen LogP contribution in [0.2, 0.25) is 0 Å². The lowest BCUT2D eigenvalue weighted by atomic mass is 10.0. The Kier molecular flexibility index (Phi) is 5.32. The lowest BCUT2D eigenvalue weighted by Crippen LogP contribution is -2.11. The average Bonchev–Trinajstić information content (AvgIpc) is 2.36. The summed E-state index contributed by atoms with van der Waals surface area (Å²) in [5.74, 6) is -1.80. The number of aliphatic hydroxyl groups is 1. The number of carboxylic acid groups (broad SMARTS) is 2. The minimum absolute atomic E-state index is 0.0906. The van der Waals surface area contributed by atoms with Crippen LogP contribution in [0.4, 0.5) is 0 Å². The molecule has 0 aliphatic carbocycles. The monoisotopic (exact) mass is 268 g/mol. The van der Waals surface area contributed by atoms with E-state index in [9.17, 15) is 14.7 Å². The number of aryl methyl sites for hydroxylation is 1. The lowest BCUT2D eigenvalue weighted by Gasteiger charge is -2.13. The molecule has 1 rings (SSSR count). The topological polar surface area (TPSA) is 104 Å². The van der Waals surface area contributed by atoms with Crippen LogP contribution in [0.3, 0.4) is 0 Å². The van der Waals surface area contributed by atoms with Crippen LogP contribution in [0.5, 0.6) is 5.75 Å². The van der Waals surface area contributed by atoms with Gasteiger partial charge in [0, 0.05) is 6.42 Å². The lowest BCUT2D eigenvalue weighted by molar-refractivity contribution is -0.147. The molecule has 0 bridgehead atoms. The van der Waals surface area contributed by atoms with Crippen molar-refractivity contribution in [3.63, 3.8) is 0 Å². The molecule has 6 heteroatoms. The highest BCUT2D eigenvalue weighted by atomic mass is 16.5. The summed E-state index contributed by atoms with van der Waals surface area (Å²) in [5.41, 5.74) is 0.776. The number of carboxylic acids is 2. The van der Waals surface area contributed by atoms with Crippen molar-refractivity contribution in [2.75, 3.05) is 6.61 Å². The SMILES string of the molecule is CCOc1ccc(C(O)C(=O)O)cc1CCC(=O)O. The first kappa shape index (κ1) is 15.0. The summed E-state index contributed by atoms with van der Waals surface area (Å²) in [6, 6.07) is 4.46. The molecular formula is C13H16O6. The van der Waals surface area contributed by atoms with Gasteiger partial charge in [-0.1, -0.05) is 6.07 Å². The van der Waals surface area contributed by atoms with Gasteiger partial charge in [-0.25, -0.2) is 4.79 Å². The second kappa shape index (κ2) is 6.75. The Morgan fingerprint density at radius 1 is 1.32 bits per heavy atom. The summed E-state index contributed by atoms with van der Waals surface area (Å²) in [7, 11) is 0. The largest absolute Gasteiger partial charge is 0.494 e. The molecule has 1 aromatic carbocycles. The Labute approximate surface area is 110 Å². The molecular weight excluding hydrogens is 252 g/mol. The van der Waals surface area contributed by atoms with Crippen molar-refractivity contribution in [1.29, 1.82) is 0 Å². The smallest absolute Gasteiger partial charge is 0.337 e. The number of ether oxygens (including phenoxy) is 1. The van der Waals surface area contributed by atoms with E-state index >= 15 is 0 Å². The van der Waals surface area contributed by atoms with Crippen molar-refractivity contribution >= 4 is 11.9 Å². The van der Waals surface area contributed by atoms with Gasteiger partial charge in [-0.3, -0.25) is 4.79 Å². The van der Waals surface area contributed by atoms with Crippen LogP contribution in [0, 0.1) is 0 Å². The molecule has 0 saturated heterocycles. The molecule has 0 amide bonds. The van der Waals surface area contributed by atoms with Crippen molar-refractivity contribution in [3.05, 3.63) is 29.3 Å². The van der Waals surface area contributed by atoms with E-state index in [1.54, 1.807) is 13.0 Å². The second-order valence-electron chi connectivity index (χ2n) is 3.93. The van der Waals surface area contributed by atoms with Crippen molar-refractivity contribution in [1.82, 2.24) is 0 Å². The van der Waals surface area contributed by atoms with Gasteiger partial charge < -0.3 is 20.1 Å². The summed E-state index contributed by atoms with van der Waals surface area (Å²) >= 11 is 0. The molecule has 0 aliphatic heterocycles. The number of aliphatic hydroxyl groups excluding tert-OH is 1. The van der Waals surface area contributed by atoms with Crippen LogP contribution in [0.1, 0.15) is 30.6 Å². The molecule has 1 aromatic rings. The van der Waals surface area contributed by atoms with E-state index in [1.807, 2.05) is 0 Å². The van der Waals surface area contributed by atoms with Gasteiger partial charge in [0.2, 0.25) is 0 Å². The zero-order valence-corrected chi connectivity index (χ0v) is 10.5. The Hall–Kier alpha value is -2.08. The number of carbonyl (C=O) groups is 2. The highest BCUT2D eigenvalue weighted by molar-refractivity contribution is 5.74. The fourth-order valence-electron chi connectivity index (χ4n) is 1.65. The third kappa shape index (κ3) is 4.26. The quantitative estimate of drug-likeness (QED) is 0.687. The van der Waals surface area contributed by atoms with Crippen LogP contribution in [0.15, 0.2) is 18.2 Å². The van der Waals surface area contributed by atoms with E-state index in [0.717, 1.165) is 0 Å². The number of benzene rings is 1. The molecule has 1 atom stereocenters. The van der Waals surface area contributed by atoms with Gasteiger partial charge in [0.25, 0.3) is 0 Å². The van der Waals surface area contributed by atoms with Crippen molar-refractivity contribution in [2.45, 2.75) is 25.9 Å². The maximum absolute atomic E-state index is 10.7. The maximum atomic E-state index is 10.7. The summed E-state index contributed by atoms with van der Waals surface area (Å²) in [4.78, 5) is 21.3. The van der Waals surface area contributed by atoms with Crippen molar-refractivity contribution < 1.29 is 29.6 Å². The van der Waals surface area contributed by atoms with E-state index in [1.165, 1.54) is 12.1 Å². The first-order valence-electron chi connectivity index (χ1n) is 5.84. The molecule has 0 saturated carbocycles. The molecule has 0 radical (unpaired) electrons. The normalized spacial score (nSPS) is 11.9. The van der Waals surface area contributed by atoms with Crippen LogP contribution in [-0.2, 0) is 16.0 Å². The molecule has 104 valence electrons. The maximum Gasteiger partial charge on any atom is 0.337 e. The Morgan fingerprint density at radius 2 is 2.00 bits per heavy atom. The molecule has 0 heterocycles. The molecule has 1 unspecified atom stereocenters. The molecule has 6 nitrogen and oxygen atoms in total. The van der Waals surface area contributed by atoms with E-state index < -0.39 is 18.0 Å². The second-order valence-corrected chi connectivity index (χ2v) is 3.93. The van der Waals surface area contributed by atoms with Gasteiger partial charge in [0.1, 0.15) is 5.75 Å². The van der Waals surface area contributed by atoms with Crippen LogP contribution in [-0.4, -0.2) is 33.9 Å². The van der Waals surface area contributed by atoms with E-state index in [-0.39, 0.29) is 18.4 Å². The predicted molar refractivity (Wildman–Crippen MR) is 66.2 cm³/mol. The third-order valence-electron chi connectivity index (χ3n) is 2.54. The van der Waals surface area contributed by atoms with Crippen molar-refractivity contribution in [2.24, 2.45) is 0 Å². The standard InChI is InChI=1S/C13H16O6/c1-2-19-10-5-3-9(12(16)13(17)18)7-8(10)4-6-11(14)15/h3,5,7,12,16H,2,4,6H2,1H3,(H,14,15)(H,17,18). The molecule has 0 fully saturated rings. The molecule has 3 N–H and O–H groups in total. The molecule has 19 heavy (non-hydrogen) atoms. The predicted octanol–water partition coefficient (Wildman–Crippen LogP) is 1.22. The van der Waals surface area contributed by atoms with Crippen LogP contribution < -0.4 is 4.74 Å².